The summed E-state index contributed by atoms with van der Waals surface area (Å²) in [6, 6.07) is 1.45. The molecule has 24 heavy (non-hydrogen) atoms. The van der Waals surface area contributed by atoms with Gasteiger partial charge in [-0.3, -0.25) is 9.36 Å². The minimum absolute atomic E-state index is 0.0385. The van der Waals surface area contributed by atoms with Crippen LogP contribution in [0.15, 0.2) is 12.3 Å². The van der Waals surface area contributed by atoms with E-state index < -0.39 is 20.6 Å². The van der Waals surface area contributed by atoms with Crippen LogP contribution in [0.25, 0.3) is 0 Å². The van der Waals surface area contributed by atoms with E-state index in [1.165, 1.54) is 16.4 Å². The largest absolute Gasteiger partial charge is 0.465 e. The molecule has 1 aromatic heterocycles. The number of esters is 1. The molecule has 0 bridgehead atoms. The molecule has 0 radical (unpaired) electrons. The Bertz CT molecular complexity index is 818. The SMILES string of the molecule is C#Cc1cc2n(c1)C(=O)N(CC[C@](C)(C(=O)OCC)S(C)(=O)=O)C2. The van der Waals surface area contributed by atoms with Crippen molar-refractivity contribution in [1.82, 2.24) is 9.47 Å². The molecule has 1 aliphatic rings. The first kappa shape index (κ1) is 18.1. The first-order valence-electron chi connectivity index (χ1n) is 7.48. The van der Waals surface area contributed by atoms with Crippen LogP contribution in [0.5, 0.6) is 0 Å². The lowest BCUT2D eigenvalue weighted by molar-refractivity contribution is -0.146. The van der Waals surface area contributed by atoms with Crippen LogP contribution in [0, 0.1) is 12.3 Å². The van der Waals surface area contributed by atoms with E-state index in [1.54, 1.807) is 19.2 Å². The van der Waals surface area contributed by atoms with Crippen molar-refractivity contribution in [2.45, 2.75) is 31.6 Å². The van der Waals surface area contributed by atoms with Crippen LogP contribution in [0.3, 0.4) is 0 Å². The second-order valence-corrected chi connectivity index (χ2v) is 8.36. The molecule has 0 aliphatic carbocycles. The molecular formula is C16H20N2O5S. The predicted molar refractivity (Wildman–Crippen MR) is 88.1 cm³/mol. The Labute approximate surface area is 141 Å². The number of nitrogens with zero attached hydrogens (tertiary/aromatic N) is 2. The van der Waals surface area contributed by atoms with Gasteiger partial charge in [0, 0.05) is 30.3 Å². The summed E-state index contributed by atoms with van der Waals surface area (Å²) in [5.74, 6) is 1.67. The fraction of sp³-hybridized carbons (Fsp3) is 0.500. The van der Waals surface area contributed by atoms with Crippen molar-refractivity contribution in [3.05, 3.63) is 23.5 Å². The van der Waals surface area contributed by atoms with Gasteiger partial charge in [0.05, 0.1) is 13.2 Å². The normalized spacial score (nSPS) is 16.4. The van der Waals surface area contributed by atoms with Gasteiger partial charge in [0.15, 0.2) is 14.6 Å². The molecule has 8 heteroatoms. The van der Waals surface area contributed by atoms with Crippen LogP contribution in [-0.2, 0) is 25.9 Å². The Kier molecular flexibility index (Phi) is 4.76. The van der Waals surface area contributed by atoms with Crippen molar-refractivity contribution < 1.29 is 22.7 Å². The molecule has 0 spiro atoms. The Morgan fingerprint density at radius 1 is 1.50 bits per heavy atom. The maximum Gasteiger partial charge on any atom is 0.328 e. The van der Waals surface area contributed by atoms with Gasteiger partial charge in [-0.1, -0.05) is 5.92 Å². The highest BCUT2D eigenvalue weighted by molar-refractivity contribution is 7.92. The number of fused-ring (bicyclic) bond motifs is 1. The number of ether oxygens (including phenoxy) is 1. The lowest BCUT2D eigenvalue weighted by Gasteiger charge is -2.27. The fourth-order valence-corrected chi connectivity index (χ4v) is 3.37. The number of aromatic nitrogens is 1. The van der Waals surface area contributed by atoms with E-state index in [1.807, 2.05) is 0 Å². The van der Waals surface area contributed by atoms with Crippen LogP contribution >= 0.6 is 0 Å². The standard InChI is InChI=1S/C16H20N2O5S/c1-5-12-9-13-11-17(15(20)18(13)10-12)8-7-16(3,24(4,21)22)14(19)23-6-2/h1,9-10H,6-8,11H2,2-4H3/t16-/m1/s1. The lowest BCUT2D eigenvalue weighted by atomic mass is 10.1. The third kappa shape index (κ3) is 3.04. The van der Waals surface area contributed by atoms with Crippen molar-refractivity contribution in [2.75, 3.05) is 19.4 Å². The van der Waals surface area contributed by atoms with Crippen LogP contribution in [0.1, 0.15) is 31.5 Å². The molecule has 0 saturated carbocycles. The van der Waals surface area contributed by atoms with Crippen LogP contribution in [0.4, 0.5) is 4.79 Å². The molecule has 0 aromatic carbocycles. The Balaban J connectivity index is 2.14. The van der Waals surface area contributed by atoms with Crippen molar-refractivity contribution in [2.24, 2.45) is 0 Å². The Morgan fingerprint density at radius 3 is 2.67 bits per heavy atom. The summed E-state index contributed by atoms with van der Waals surface area (Å²) in [5, 5.41) is 0. The minimum Gasteiger partial charge on any atom is -0.465 e. The molecule has 0 fully saturated rings. The van der Waals surface area contributed by atoms with E-state index in [2.05, 4.69) is 5.92 Å². The summed E-state index contributed by atoms with van der Waals surface area (Å²) in [7, 11) is -3.71. The molecular weight excluding hydrogens is 332 g/mol. The zero-order valence-electron chi connectivity index (χ0n) is 13.9. The van der Waals surface area contributed by atoms with Crippen molar-refractivity contribution in [3.63, 3.8) is 0 Å². The number of carbonyl (C=O) groups excluding carboxylic acids is 2. The van der Waals surface area contributed by atoms with Gasteiger partial charge in [-0.2, -0.15) is 0 Å². The van der Waals surface area contributed by atoms with Crippen molar-refractivity contribution >= 4 is 21.8 Å². The van der Waals surface area contributed by atoms with Crippen LogP contribution in [-0.4, -0.2) is 54.0 Å². The van der Waals surface area contributed by atoms with Crippen LogP contribution in [0.2, 0.25) is 0 Å². The van der Waals surface area contributed by atoms with E-state index >= 15 is 0 Å². The average molecular weight is 352 g/mol. The third-order valence-corrected chi connectivity index (χ3v) is 6.29. The Hall–Kier alpha value is -2.27. The van der Waals surface area contributed by atoms with Gasteiger partial charge in [-0.05, 0) is 26.3 Å². The summed E-state index contributed by atoms with van der Waals surface area (Å²) in [4.78, 5) is 25.9. The zero-order valence-corrected chi connectivity index (χ0v) is 14.7. The molecule has 1 aliphatic heterocycles. The number of terminal acetylenes is 1. The molecule has 0 N–H and O–H groups in total. The molecule has 2 rings (SSSR count). The van der Waals surface area contributed by atoms with Crippen molar-refractivity contribution in [3.8, 4) is 12.3 Å². The summed E-state index contributed by atoms with van der Waals surface area (Å²) >= 11 is 0. The number of amides is 1. The molecule has 7 nitrogen and oxygen atoms in total. The average Bonchev–Trinajstić information content (AvgIpc) is 3.03. The second-order valence-electron chi connectivity index (χ2n) is 5.91. The van der Waals surface area contributed by atoms with Gasteiger partial charge in [0.1, 0.15) is 0 Å². The Morgan fingerprint density at radius 2 is 2.17 bits per heavy atom. The third-order valence-electron chi connectivity index (χ3n) is 4.28. The van der Waals surface area contributed by atoms with E-state index in [9.17, 15) is 18.0 Å². The highest BCUT2D eigenvalue weighted by Gasteiger charge is 2.45. The summed E-state index contributed by atoms with van der Waals surface area (Å²) in [6.07, 6.45) is 7.84. The van der Waals surface area contributed by atoms with E-state index in [4.69, 9.17) is 11.2 Å². The topological polar surface area (TPSA) is 85.7 Å². The zero-order chi connectivity index (χ0) is 18.1. The van der Waals surface area contributed by atoms with Crippen LogP contribution < -0.4 is 0 Å². The number of hydrogen-bond acceptors (Lipinski definition) is 5. The molecule has 0 unspecified atom stereocenters. The molecule has 130 valence electrons. The van der Waals surface area contributed by atoms with Gasteiger partial charge in [0.25, 0.3) is 0 Å². The quantitative estimate of drug-likeness (QED) is 0.563. The lowest BCUT2D eigenvalue weighted by Crippen LogP contribution is -2.47. The van der Waals surface area contributed by atoms with Crippen molar-refractivity contribution in [1.29, 1.82) is 0 Å². The first-order chi connectivity index (χ1) is 11.1. The highest BCUT2D eigenvalue weighted by Crippen LogP contribution is 2.26. The number of hydrogen-bond donors (Lipinski definition) is 0. The van der Waals surface area contributed by atoms with Gasteiger partial charge in [-0.25, -0.2) is 13.2 Å². The molecule has 1 aromatic rings. The van der Waals surface area contributed by atoms with Gasteiger partial charge in [0.2, 0.25) is 0 Å². The van der Waals surface area contributed by atoms with E-state index in [-0.39, 0.29) is 25.6 Å². The molecule has 1 atom stereocenters. The fourth-order valence-electron chi connectivity index (χ4n) is 2.55. The van der Waals surface area contributed by atoms with Gasteiger partial charge in [-0.15, -0.1) is 6.42 Å². The number of carbonyl (C=O) groups is 2. The summed E-state index contributed by atoms with van der Waals surface area (Å²) in [5.41, 5.74) is 1.36. The number of sulfone groups is 1. The maximum atomic E-state index is 12.3. The smallest absolute Gasteiger partial charge is 0.328 e. The van der Waals surface area contributed by atoms with Gasteiger partial charge >= 0.3 is 12.0 Å². The number of rotatable bonds is 6. The van der Waals surface area contributed by atoms with Gasteiger partial charge < -0.3 is 9.64 Å². The van der Waals surface area contributed by atoms with E-state index in [0.29, 0.717) is 12.1 Å². The molecule has 1 amide bonds. The second kappa shape index (κ2) is 6.32. The minimum atomic E-state index is -3.71. The maximum absolute atomic E-state index is 12.3. The first-order valence-corrected chi connectivity index (χ1v) is 9.37. The monoisotopic (exact) mass is 352 g/mol. The molecule has 0 saturated heterocycles. The summed E-state index contributed by atoms with van der Waals surface area (Å²) < 4.78 is 28.8. The highest BCUT2D eigenvalue weighted by atomic mass is 32.2. The van der Waals surface area contributed by atoms with E-state index in [0.717, 1.165) is 11.9 Å². The molecule has 2 heterocycles. The predicted octanol–water partition coefficient (Wildman–Crippen LogP) is 1.01. The summed E-state index contributed by atoms with van der Waals surface area (Å²) in [6.45, 7) is 3.48.